The molecule has 0 aliphatic carbocycles. The molecule has 1 aromatic rings. The standard InChI is InChI=1S/C18H23NO2/c1-18(2,3)16-9-10-19(13-16)17(21)15-8-4-6-14(12-15)7-5-11-20/h4,6,8,12,16,20H,9-11,13H2,1-3H3. The number of likely N-dealkylation sites (tertiary alicyclic amines) is 1. The van der Waals surface area contributed by atoms with E-state index in [1.807, 2.05) is 23.1 Å². The predicted molar refractivity (Wildman–Crippen MR) is 83.9 cm³/mol. The van der Waals surface area contributed by atoms with Crippen LogP contribution in [-0.4, -0.2) is 35.6 Å². The summed E-state index contributed by atoms with van der Waals surface area (Å²) in [5, 5.41) is 8.74. The molecule has 1 aromatic carbocycles. The second kappa shape index (κ2) is 6.32. The smallest absolute Gasteiger partial charge is 0.253 e. The number of aliphatic hydroxyl groups excluding tert-OH is 1. The molecular weight excluding hydrogens is 262 g/mol. The normalized spacial score (nSPS) is 18.3. The quantitative estimate of drug-likeness (QED) is 0.806. The number of carbonyl (C=O) groups excluding carboxylic acids is 1. The van der Waals surface area contributed by atoms with Crippen molar-refractivity contribution < 1.29 is 9.90 Å². The molecule has 112 valence electrons. The van der Waals surface area contributed by atoms with Gasteiger partial charge in [0.1, 0.15) is 6.61 Å². The summed E-state index contributed by atoms with van der Waals surface area (Å²) >= 11 is 0. The number of amides is 1. The SMILES string of the molecule is CC(C)(C)C1CCN(C(=O)c2cccc(C#CCO)c2)C1. The zero-order chi connectivity index (χ0) is 15.5. The lowest BCUT2D eigenvalue weighted by molar-refractivity contribution is 0.0776. The Morgan fingerprint density at radius 1 is 1.43 bits per heavy atom. The van der Waals surface area contributed by atoms with Gasteiger partial charge in [-0.3, -0.25) is 4.79 Å². The summed E-state index contributed by atoms with van der Waals surface area (Å²) in [6.07, 6.45) is 1.07. The van der Waals surface area contributed by atoms with Gasteiger partial charge in [0.05, 0.1) is 0 Å². The van der Waals surface area contributed by atoms with E-state index in [9.17, 15) is 4.79 Å². The highest BCUT2D eigenvalue weighted by atomic mass is 16.2. The molecule has 0 spiro atoms. The molecule has 1 atom stereocenters. The fraction of sp³-hybridized carbons (Fsp3) is 0.500. The van der Waals surface area contributed by atoms with Crippen molar-refractivity contribution in [3.63, 3.8) is 0 Å². The maximum Gasteiger partial charge on any atom is 0.253 e. The van der Waals surface area contributed by atoms with Crippen molar-refractivity contribution in [2.45, 2.75) is 27.2 Å². The van der Waals surface area contributed by atoms with Crippen LogP contribution >= 0.6 is 0 Å². The molecule has 21 heavy (non-hydrogen) atoms. The molecule has 1 fully saturated rings. The summed E-state index contributed by atoms with van der Waals surface area (Å²) in [5.41, 5.74) is 1.68. The van der Waals surface area contributed by atoms with E-state index >= 15 is 0 Å². The first kappa shape index (κ1) is 15.6. The van der Waals surface area contributed by atoms with E-state index in [2.05, 4.69) is 32.6 Å². The number of aliphatic hydroxyl groups is 1. The van der Waals surface area contributed by atoms with Crippen molar-refractivity contribution in [1.82, 2.24) is 4.90 Å². The Hall–Kier alpha value is -1.79. The number of rotatable bonds is 1. The maximum absolute atomic E-state index is 12.6. The number of hydrogen-bond acceptors (Lipinski definition) is 2. The average molecular weight is 285 g/mol. The first-order valence-corrected chi connectivity index (χ1v) is 7.41. The summed E-state index contributed by atoms with van der Waals surface area (Å²) in [7, 11) is 0. The van der Waals surface area contributed by atoms with Gasteiger partial charge in [-0.15, -0.1) is 0 Å². The van der Waals surface area contributed by atoms with E-state index in [-0.39, 0.29) is 17.9 Å². The minimum absolute atomic E-state index is 0.0781. The molecule has 3 nitrogen and oxygen atoms in total. The van der Waals surface area contributed by atoms with Crippen molar-refractivity contribution >= 4 is 5.91 Å². The minimum Gasteiger partial charge on any atom is -0.384 e. The van der Waals surface area contributed by atoms with Crippen LogP contribution in [0.4, 0.5) is 0 Å². The number of carbonyl (C=O) groups is 1. The molecule has 3 heteroatoms. The highest BCUT2D eigenvalue weighted by molar-refractivity contribution is 5.94. The predicted octanol–water partition coefficient (Wildman–Crippen LogP) is 2.54. The molecule has 1 unspecified atom stereocenters. The van der Waals surface area contributed by atoms with Gasteiger partial charge < -0.3 is 10.0 Å². The van der Waals surface area contributed by atoms with Gasteiger partial charge in [0.2, 0.25) is 0 Å². The second-order valence-electron chi connectivity index (χ2n) is 6.64. The summed E-state index contributed by atoms with van der Waals surface area (Å²) < 4.78 is 0. The third-order valence-electron chi connectivity index (χ3n) is 4.12. The van der Waals surface area contributed by atoms with Crippen LogP contribution in [-0.2, 0) is 0 Å². The van der Waals surface area contributed by atoms with Gasteiger partial charge in [0.15, 0.2) is 0 Å². The molecule has 1 amide bonds. The van der Waals surface area contributed by atoms with Crippen molar-refractivity contribution in [1.29, 1.82) is 0 Å². The van der Waals surface area contributed by atoms with Crippen LogP contribution in [0.25, 0.3) is 0 Å². The Bertz CT molecular complexity index is 575. The van der Waals surface area contributed by atoms with Crippen LogP contribution < -0.4 is 0 Å². The van der Waals surface area contributed by atoms with Crippen molar-refractivity contribution in [2.75, 3.05) is 19.7 Å². The van der Waals surface area contributed by atoms with Gasteiger partial charge in [0.25, 0.3) is 5.91 Å². The van der Waals surface area contributed by atoms with E-state index in [0.717, 1.165) is 25.1 Å². The van der Waals surface area contributed by atoms with Gasteiger partial charge in [-0.2, -0.15) is 0 Å². The lowest BCUT2D eigenvalue weighted by atomic mass is 9.80. The monoisotopic (exact) mass is 285 g/mol. The molecule has 0 saturated carbocycles. The summed E-state index contributed by atoms with van der Waals surface area (Å²) in [5.74, 6) is 6.08. The van der Waals surface area contributed by atoms with Gasteiger partial charge in [-0.1, -0.05) is 38.7 Å². The van der Waals surface area contributed by atoms with E-state index in [1.54, 1.807) is 6.07 Å². The zero-order valence-corrected chi connectivity index (χ0v) is 13.0. The van der Waals surface area contributed by atoms with Gasteiger partial charge in [0, 0.05) is 24.2 Å². The number of benzene rings is 1. The lowest BCUT2D eigenvalue weighted by Gasteiger charge is -2.27. The van der Waals surface area contributed by atoms with Crippen LogP contribution in [0.2, 0.25) is 0 Å². The average Bonchev–Trinajstić information content (AvgIpc) is 2.94. The Morgan fingerprint density at radius 3 is 2.81 bits per heavy atom. The zero-order valence-electron chi connectivity index (χ0n) is 13.0. The Balaban J connectivity index is 2.11. The highest BCUT2D eigenvalue weighted by Crippen LogP contribution is 2.34. The molecule has 1 saturated heterocycles. The molecule has 1 aliphatic rings. The van der Waals surface area contributed by atoms with E-state index < -0.39 is 0 Å². The Kier molecular flexibility index (Phi) is 4.69. The molecule has 1 N–H and O–H groups in total. The molecule has 1 heterocycles. The van der Waals surface area contributed by atoms with E-state index in [0.29, 0.717) is 11.5 Å². The fourth-order valence-corrected chi connectivity index (χ4v) is 2.71. The number of hydrogen-bond donors (Lipinski definition) is 1. The third kappa shape index (κ3) is 3.86. The Labute approximate surface area is 127 Å². The molecule has 0 bridgehead atoms. The molecule has 2 rings (SSSR count). The van der Waals surface area contributed by atoms with Crippen LogP contribution in [0.15, 0.2) is 24.3 Å². The maximum atomic E-state index is 12.6. The molecule has 0 radical (unpaired) electrons. The molecule has 0 aromatic heterocycles. The van der Waals surface area contributed by atoms with Crippen LogP contribution in [0.1, 0.15) is 43.1 Å². The number of nitrogens with zero attached hydrogens (tertiary/aromatic N) is 1. The largest absolute Gasteiger partial charge is 0.384 e. The van der Waals surface area contributed by atoms with Gasteiger partial charge in [-0.25, -0.2) is 0 Å². The van der Waals surface area contributed by atoms with Gasteiger partial charge >= 0.3 is 0 Å². The summed E-state index contributed by atoms with van der Waals surface area (Å²) in [6, 6.07) is 7.32. The van der Waals surface area contributed by atoms with Gasteiger partial charge in [-0.05, 0) is 36.0 Å². The third-order valence-corrected chi connectivity index (χ3v) is 4.12. The highest BCUT2D eigenvalue weighted by Gasteiger charge is 2.34. The van der Waals surface area contributed by atoms with E-state index in [4.69, 9.17) is 5.11 Å². The summed E-state index contributed by atoms with van der Waals surface area (Å²) in [4.78, 5) is 14.5. The summed E-state index contributed by atoms with van der Waals surface area (Å²) in [6.45, 7) is 8.18. The molecular formula is C18H23NO2. The lowest BCUT2D eigenvalue weighted by Crippen LogP contribution is -2.31. The van der Waals surface area contributed by atoms with Crippen LogP contribution in [0, 0.1) is 23.2 Å². The van der Waals surface area contributed by atoms with Crippen molar-refractivity contribution in [3.05, 3.63) is 35.4 Å². The molecule has 1 aliphatic heterocycles. The first-order valence-electron chi connectivity index (χ1n) is 7.41. The fourth-order valence-electron chi connectivity index (χ4n) is 2.71. The van der Waals surface area contributed by atoms with E-state index in [1.165, 1.54) is 0 Å². The van der Waals surface area contributed by atoms with Crippen molar-refractivity contribution in [3.8, 4) is 11.8 Å². The second-order valence-corrected chi connectivity index (χ2v) is 6.64. The first-order chi connectivity index (χ1) is 9.91. The Morgan fingerprint density at radius 2 is 2.19 bits per heavy atom. The van der Waals surface area contributed by atoms with Crippen molar-refractivity contribution in [2.24, 2.45) is 11.3 Å². The van der Waals surface area contributed by atoms with Crippen LogP contribution in [0.5, 0.6) is 0 Å². The topological polar surface area (TPSA) is 40.5 Å². The van der Waals surface area contributed by atoms with Crippen LogP contribution in [0.3, 0.4) is 0 Å². The minimum atomic E-state index is -0.169.